The zero-order valence-electron chi connectivity index (χ0n) is 24.0. The quantitative estimate of drug-likeness (QED) is 0.302. The maximum Gasteiger partial charge on any atom is 0.255 e. The molecule has 1 aliphatic rings. The highest BCUT2D eigenvalue weighted by Gasteiger charge is 2.30. The van der Waals surface area contributed by atoms with Crippen molar-refractivity contribution in [2.75, 3.05) is 25.6 Å². The number of nitrogens with zero attached hydrogens (tertiary/aromatic N) is 2. The van der Waals surface area contributed by atoms with E-state index in [1.807, 2.05) is 30.3 Å². The number of pyridine rings is 1. The molecule has 2 aromatic carbocycles. The van der Waals surface area contributed by atoms with E-state index in [1.165, 1.54) is 36.7 Å². The summed E-state index contributed by atoms with van der Waals surface area (Å²) in [5, 5.41) is 5.80. The van der Waals surface area contributed by atoms with E-state index in [4.69, 9.17) is 10.5 Å². The summed E-state index contributed by atoms with van der Waals surface area (Å²) < 4.78 is 18.5. The van der Waals surface area contributed by atoms with Crippen LogP contribution in [-0.2, 0) is 16.0 Å². The molecule has 2 heterocycles. The molecule has 0 unspecified atom stereocenters. The molecule has 222 valence electrons. The monoisotopic (exact) mass is 575 g/mol. The van der Waals surface area contributed by atoms with E-state index < -0.39 is 23.9 Å². The minimum absolute atomic E-state index is 0.00418. The molecule has 0 bridgehead atoms. The standard InChI is InChI=1S/C32H38FN5O4/c1-21(30(39)36-26-12-10-25(33)11-13-26)15-28(34)29(16-22-7-4-3-5-8-22)37-31(40)23-17-24(19-35-18-23)32(41)38-14-6-9-27(38)20-42-2/h3-5,7-8,10-13,17-19,21,27-29H,6,9,14-16,20,34H2,1-2H3,(H,36,39)(H,37,40)/t21-,27-,28+,29+/m1/s1. The number of anilines is 1. The number of carbonyl (C=O) groups excluding carboxylic acids is 3. The molecule has 0 radical (unpaired) electrons. The van der Waals surface area contributed by atoms with Gasteiger partial charge in [-0.1, -0.05) is 37.3 Å². The summed E-state index contributed by atoms with van der Waals surface area (Å²) in [5.41, 5.74) is 8.66. The van der Waals surface area contributed by atoms with Gasteiger partial charge in [-0.25, -0.2) is 4.39 Å². The molecule has 1 aromatic heterocycles. The zero-order valence-corrected chi connectivity index (χ0v) is 24.0. The van der Waals surface area contributed by atoms with Crippen molar-refractivity contribution in [2.45, 2.75) is 50.7 Å². The lowest BCUT2D eigenvalue weighted by Gasteiger charge is -2.27. The van der Waals surface area contributed by atoms with E-state index >= 15 is 0 Å². The van der Waals surface area contributed by atoms with Crippen LogP contribution in [0, 0.1) is 11.7 Å². The Morgan fingerprint density at radius 3 is 2.52 bits per heavy atom. The Morgan fingerprint density at radius 1 is 1.10 bits per heavy atom. The zero-order chi connectivity index (χ0) is 30.1. The molecule has 9 nitrogen and oxygen atoms in total. The van der Waals surface area contributed by atoms with Crippen LogP contribution in [0.1, 0.15) is 52.5 Å². The Hall–Kier alpha value is -4.15. The fourth-order valence-electron chi connectivity index (χ4n) is 5.22. The topological polar surface area (TPSA) is 127 Å². The third kappa shape index (κ3) is 8.20. The van der Waals surface area contributed by atoms with Crippen molar-refractivity contribution >= 4 is 23.4 Å². The van der Waals surface area contributed by atoms with Crippen molar-refractivity contribution in [3.8, 4) is 0 Å². The van der Waals surface area contributed by atoms with Crippen LogP contribution < -0.4 is 16.4 Å². The van der Waals surface area contributed by atoms with Crippen LogP contribution in [0.4, 0.5) is 10.1 Å². The van der Waals surface area contributed by atoms with Gasteiger partial charge in [0.25, 0.3) is 11.8 Å². The van der Waals surface area contributed by atoms with E-state index in [1.54, 1.807) is 25.0 Å². The Morgan fingerprint density at radius 2 is 1.81 bits per heavy atom. The average Bonchev–Trinajstić information content (AvgIpc) is 3.46. The fourth-order valence-corrected chi connectivity index (χ4v) is 5.22. The third-order valence-electron chi connectivity index (χ3n) is 7.56. The molecule has 10 heteroatoms. The number of hydrogen-bond acceptors (Lipinski definition) is 6. The van der Waals surface area contributed by atoms with E-state index in [2.05, 4.69) is 15.6 Å². The number of halogens is 1. The number of aromatic nitrogens is 1. The molecule has 1 aliphatic heterocycles. The molecule has 1 fully saturated rings. The van der Waals surface area contributed by atoms with Gasteiger partial charge in [-0.3, -0.25) is 19.4 Å². The molecule has 1 saturated heterocycles. The first-order valence-corrected chi connectivity index (χ1v) is 14.2. The molecule has 4 atom stereocenters. The normalized spacial score (nSPS) is 16.9. The van der Waals surface area contributed by atoms with Crippen LogP contribution in [0.3, 0.4) is 0 Å². The van der Waals surface area contributed by atoms with Crippen LogP contribution >= 0.6 is 0 Å². The Kier molecular flexibility index (Phi) is 10.7. The SMILES string of the molecule is COC[C@H]1CCCN1C(=O)c1cncc(C(=O)N[C@@H](Cc2ccccc2)[C@@H](N)C[C@@H](C)C(=O)Nc2ccc(F)cc2)c1. The second kappa shape index (κ2) is 14.7. The van der Waals surface area contributed by atoms with Gasteiger partial charge in [0, 0.05) is 49.7 Å². The van der Waals surface area contributed by atoms with E-state index in [0.29, 0.717) is 30.8 Å². The van der Waals surface area contributed by atoms with E-state index in [9.17, 15) is 18.8 Å². The summed E-state index contributed by atoms with van der Waals surface area (Å²) in [6, 6.07) is 15.6. The van der Waals surface area contributed by atoms with Crippen molar-refractivity contribution in [3.05, 3.63) is 95.6 Å². The second-order valence-electron chi connectivity index (χ2n) is 10.8. The van der Waals surface area contributed by atoms with Gasteiger partial charge < -0.3 is 26.0 Å². The maximum atomic E-state index is 13.4. The lowest BCUT2D eigenvalue weighted by atomic mass is 9.92. The molecule has 0 spiro atoms. The molecule has 3 aromatic rings. The summed E-state index contributed by atoms with van der Waals surface area (Å²) in [6.45, 7) is 2.84. The van der Waals surface area contributed by atoms with Crippen LogP contribution in [0.25, 0.3) is 0 Å². The molecular formula is C32H38FN5O4. The molecule has 42 heavy (non-hydrogen) atoms. The molecular weight excluding hydrogens is 537 g/mol. The molecule has 0 saturated carbocycles. The number of hydrogen-bond donors (Lipinski definition) is 3. The van der Waals surface area contributed by atoms with Gasteiger partial charge in [-0.2, -0.15) is 0 Å². The van der Waals surface area contributed by atoms with Gasteiger partial charge in [0.2, 0.25) is 5.91 Å². The highest BCUT2D eigenvalue weighted by Crippen LogP contribution is 2.21. The van der Waals surface area contributed by atoms with Crippen LogP contribution in [0.5, 0.6) is 0 Å². The van der Waals surface area contributed by atoms with Crippen molar-refractivity contribution in [3.63, 3.8) is 0 Å². The number of amides is 3. The lowest BCUT2D eigenvalue weighted by Crippen LogP contribution is -2.50. The average molecular weight is 576 g/mol. The van der Waals surface area contributed by atoms with Crippen LogP contribution in [-0.4, -0.2) is 66.0 Å². The number of ether oxygens (including phenoxy) is 1. The van der Waals surface area contributed by atoms with E-state index in [-0.39, 0.29) is 35.7 Å². The first kappa shape index (κ1) is 30.8. The largest absolute Gasteiger partial charge is 0.383 e. The Labute approximate surface area is 245 Å². The Balaban J connectivity index is 1.46. The number of likely N-dealkylation sites (tertiary alicyclic amines) is 1. The maximum absolute atomic E-state index is 13.4. The van der Waals surface area contributed by atoms with Crippen molar-refractivity contribution in [1.29, 1.82) is 0 Å². The highest BCUT2D eigenvalue weighted by atomic mass is 19.1. The van der Waals surface area contributed by atoms with E-state index in [0.717, 1.165) is 18.4 Å². The van der Waals surface area contributed by atoms with Crippen molar-refractivity contribution in [1.82, 2.24) is 15.2 Å². The summed E-state index contributed by atoms with van der Waals surface area (Å²) in [4.78, 5) is 45.5. The minimum atomic E-state index is -0.569. The van der Waals surface area contributed by atoms with Crippen molar-refractivity contribution < 1.29 is 23.5 Å². The number of rotatable bonds is 12. The number of nitrogens with one attached hydrogen (secondary N) is 2. The predicted octanol–water partition coefficient (Wildman–Crippen LogP) is 3.81. The summed E-state index contributed by atoms with van der Waals surface area (Å²) in [6.07, 6.45) is 5.39. The lowest BCUT2D eigenvalue weighted by molar-refractivity contribution is -0.119. The van der Waals surface area contributed by atoms with Gasteiger partial charge in [0.15, 0.2) is 0 Å². The minimum Gasteiger partial charge on any atom is -0.383 e. The summed E-state index contributed by atoms with van der Waals surface area (Å²) in [5.74, 6) is -1.73. The molecule has 3 amide bonds. The second-order valence-corrected chi connectivity index (χ2v) is 10.8. The summed E-state index contributed by atoms with van der Waals surface area (Å²) >= 11 is 0. The number of methoxy groups -OCH3 is 1. The molecule has 0 aliphatic carbocycles. The molecule has 4 N–H and O–H groups in total. The van der Waals surface area contributed by atoms with Gasteiger partial charge in [-0.05, 0) is 61.6 Å². The Bertz CT molecular complexity index is 1350. The first-order valence-electron chi connectivity index (χ1n) is 14.2. The fraction of sp³-hybridized carbons (Fsp3) is 0.375. The van der Waals surface area contributed by atoms with Gasteiger partial charge >= 0.3 is 0 Å². The van der Waals surface area contributed by atoms with Gasteiger partial charge in [-0.15, -0.1) is 0 Å². The summed E-state index contributed by atoms with van der Waals surface area (Å²) in [7, 11) is 1.61. The van der Waals surface area contributed by atoms with Gasteiger partial charge in [0.05, 0.1) is 23.8 Å². The number of carbonyl (C=O) groups is 3. The first-order chi connectivity index (χ1) is 20.2. The number of nitrogens with two attached hydrogens (primary N) is 1. The van der Waals surface area contributed by atoms with Crippen molar-refractivity contribution in [2.24, 2.45) is 11.7 Å². The number of benzene rings is 2. The smallest absolute Gasteiger partial charge is 0.255 e. The predicted molar refractivity (Wildman–Crippen MR) is 158 cm³/mol. The highest BCUT2D eigenvalue weighted by molar-refractivity contribution is 5.99. The van der Waals surface area contributed by atoms with Gasteiger partial charge in [0.1, 0.15) is 5.82 Å². The third-order valence-corrected chi connectivity index (χ3v) is 7.56. The van der Waals surface area contributed by atoms with Crippen LogP contribution in [0.2, 0.25) is 0 Å². The van der Waals surface area contributed by atoms with Crippen LogP contribution in [0.15, 0.2) is 73.1 Å². The molecule has 4 rings (SSSR count).